The van der Waals surface area contributed by atoms with Crippen molar-refractivity contribution >= 4 is 17.3 Å². The van der Waals surface area contributed by atoms with Crippen LogP contribution in [0.3, 0.4) is 0 Å². The molecule has 0 fully saturated rings. The number of ether oxygens (including phenoxy) is 2. The van der Waals surface area contributed by atoms with Crippen LogP contribution in [0.25, 0.3) is 0 Å². The molecule has 1 unspecified atom stereocenters. The van der Waals surface area contributed by atoms with Crippen molar-refractivity contribution in [3.8, 4) is 11.8 Å². The van der Waals surface area contributed by atoms with Crippen molar-refractivity contribution in [3.05, 3.63) is 66.7 Å². The summed E-state index contributed by atoms with van der Waals surface area (Å²) in [4.78, 5) is 11.0. The molecule has 2 aromatic rings. The van der Waals surface area contributed by atoms with Gasteiger partial charge in [-0.15, -0.1) is 0 Å². The van der Waals surface area contributed by atoms with Gasteiger partial charge < -0.3 is 9.47 Å². The largest absolute Gasteiger partial charge is 0.490 e. The molecule has 0 aliphatic heterocycles. The number of hydrogen-bond acceptors (Lipinski definition) is 6. The Balaban J connectivity index is 1.79. The van der Waals surface area contributed by atoms with Crippen molar-refractivity contribution in [1.82, 2.24) is 0 Å². The minimum absolute atomic E-state index is 0.159. The van der Waals surface area contributed by atoms with Gasteiger partial charge in [0.1, 0.15) is 5.75 Å². The van der Waals surface area contributed by atoms with Gasteiger partial charge in [-0.1, -0.05) is 19.9 Å². The average molecular weight is 420 g/mol. The Hall–Kier alpha value is -3.46. The van der Waals surface area contributed by atoms with Crippen LogP contribution in [0.1, 0.15) is 51.0 Å². The Morgan fingerprint density at radius 3 is 2.26 bits per heavy atom. The quantitative estimate of drug-likeness (QED) is 0.154. The molecule has 162 valence electrons. The van der Waals surface area contributed by atoms with Crippen molar-refractivity contribution < 1.29 is 14.3 Å². The number of benzene rings is 2. The summed E-state index contributed by atoms with van der Waals surface area (Å²) in [6.07, 6.45) is 7.21. The highest BCUT2D eigenvalue weighted by atomic mass is 16.5. The molecular formula is C25H29N3O3. The van der Waals surface area contributed by atoms with Crippen molar-refractivity contribution in [1.29, 1.82) is 5.26 Å². The molecule has 0 heterocycles. The lowest BCUT2D eigenvalue weighted by atomic mass is 10.1. The van der Waals surface area contributed by atoms with E-state index in [1.54, 1.807) is 24.3 Å². The van der Waals surface area contributed by atoms with Crippen molar-refractivity contribution in [2.75, 3.05) is 6.61 Å². The Morgan fingerprint density at radius 1 is 1.03 bits per heavy atom. The molecule has 1 atom stereocenters. The van der Waals surface area contributed by atoms with Gasteiger partial charge in [0.15, 0.2) is 0 Å². The molecule has 0 aliphatic rings. The van der Waals surface area contributed by atoms with E-state index in [2.05, 4.69) is 29.8 Å². The Labute approximate surface area is 184 Å². The molecule has 2 rings (SSSR count). The van der Waals surface area contributed by atoms with Gasteiger partial charge in [0.25, 0.3) is 0 Å². The zero-order chi connectivity index (χ0) is 22.3. The number of nitrogens with zero attached hydrogens (tertiary/aromatic N) is 3. The highest BCUT2D eigenvalue weighted by Gasteiger charge is 2.10. The molecule has 0 bridgehead atoms. The van der Waals surface area contributed by atoms with Gasteiger partial charge >= 0.3 is 5.97 Å². The van der Waals surface area contributed by atoms with E-state index in [-0.39, 0.29) is 12.1 Å². The second-order valence-corrected chi connectivity index (χ2v) is 7.10. The number of carbonyl (C=O) groups excluding carboxylic acids is 1. The number of nitriles is 1. The zero-order valence-corrected chi connectivity index (χ0v) is 18.0. The summed E-state index contributed by atoms with van der Waals surface area (Å²) in [5.41, 5.74) is 2.03. The highest BCUT2D eigenvalue weighted by molar-refractivity contribution is 5.81. The number of azo groups is 1. The van der Waals surface area contributed by atoms with Crippen LogP contribution in [0.2, 0.25) is 0 Å². The zero-order valence-electron chi connectivity index (χ0n) is 18.0. The SMILES string of the molecule is C=CC(=O)OCCCCCC(CCC)Oc1ccc(N=Nc2ccc(C#N)cc2)cc1. The van der Waals surface area contributed by atoms with Crippen molar-refractivity contribution in [3.63, 3.8) is 0 Å². The van der Waals surface area contributed by atoms with Crippen LogP contribution in [-0.2, 0) is 9.53 Å². The summed E-state index contributed by atoms with van der Waals surface area (Å²) in [5, 5.41) is 17.3. The van der Waals surface area contributed by atoms with Gasteiger partial charge in [-0.2, -0.15) is 15.5 Å². The lowest BCUT2D eigenvalue weighted by molar-refractivity contribution is -0.137. The first-order valence-electron chi connectivity index (χ1n) is 10.6. The maximum absolute atomic E-state index is 11.0. The first-order chi connectivity index (χ1) is 15.1. The number of hydrogen-bond donors (Lipinski definition) is 0. The lowest BCUT2D eigenvalue weighted by Crippen LogP contribution is -2.16. The number of rotatable bonds is 13. The van der Waals surface area contributed by atoms with E-state index in [0.717, 1.165) is 50.0 Å². The van der Waals surface area contributed by atoms with E-state index in [0.29, 0.717) is 17.9 Å². The Morgan fingerprint density at radius 2 is 1.68 bits per heavy atom. The smallest absolute Gasteiger partial charge is 0.330 e. The van der Waals surface area contributed by atoms with E-state index in [9.17, 15) is 4.79 Å². The summed E-state index contributed by atoms with van der Waals surface area (Å²) in [7, 11) is 0. The fourth-order valence-electron chi connectivity index (χ4n) is 2.97. The lowest BCUT2D eigenvalue weighted by Gasteiger charge is -2.18. The number of esters is 1. The van der Waals surface area contributed by atoms with Crippen molar-refractivity contribution in [2.45, 2.75) is 51.6 Å². The maximum Gasteiger partial charge on any atom is 0.330 e. The highest BCUT2D eigenvalue weighted by Crippen LogP contribution is 2.24. The molecule has 0 aromatic heterocycles. The molecule has 0 amide bonds. The number of unbranched alkanes of at least 4 members (excludes halogenated alkanes) is 2. The molecule has 2 aromatic carbocycles. The number of carbonyl (C=O) groups is 1. The van der Waals surface area contributed by atoms with Crippen LogP contribution in [0, 0.1) is 11.3 Å². The molecule has 0 aliphatic carbocycles. The molecular weight excluding hydrogens is 390 g/mol. The van der Waals surface area contributed by atoms with Crippen LogP contribution in [0.4, 0.5) is 11.4 Å². The minimum atomic E-state index is -0.368. The average Bonchev–Trinajstić information content (AvgIpc) is 2.81. The third-order valence-electron chi connectivity index (χ3n) is 4.61. The van der Waals surface area contributed by atoms with E-state index in [4.69, 9.17) is 14.7 Å². The third-order valence-corrected chi connectivity index (χ3v) is 4.61. The summed E-state index contributed by atoms with van der Waals surface area (Å²) in [6.45, 7) is 5.97. The monoisotopic (exact) mass is 419 g/mol. The van der Waals surface area contributed by atoms with E-state index >= 15 is 0 Å². The molecule has 0 saturated carbocycles. The predicted molar refractivity (Wildman–Crippen MR) is 121 cm³/mol. The second kappa shape index (κ2) is 13.7. The molecule has 0 N–H and O–H groups in total. The molecule has 0 radical (unpaired) electrons. The normalized spacial score (nSPS) is 11.6. The molecule has 0 saturated heterocycles. The van der Waals surface area contributed by atoms with E-state index < -0.39 is 0 Å². The topological polar surface area (TPSA) is 84.0 Å². The van der Waals surface area contributed by atoms with Gasteiger partial charge in [-0.05, 0) is 80.6 Å². The summed E-state index contributed by atoms with van der Waals surface area (Å²) in [5.74, 6) is 0.447. The Kier molecular flexibility index (Phi) is 10.5. The van der Waals surface area contributed by atoms with Gasteiger partial charge in [0.05, 0.1) is 35.7 Å². The molecule has 6 heteroatoms. The van der Waals surface area contributed by atoms with Crippen LogP contribution in [0.15, 0.2) is 71.4 Å². The molecule has 0 spiro atoms. The molecule has 6 nitrogen and oxygen atoms in total. The van der Waals surface area contributed by atoms with Crippen LogP contribution < -0.4 is 4.74 Å². The fraction of sp³-hybridized carbons (Fsp3) is 0.360. The minimum Gasteiger partial charge on any atom is -0.490 e. The first-order valence-corrected chi connectivity index (χ1v) is 10.6. The molecule has 31 heavy (non-hydrogen) atoms. The van der Waals surface area contributed by atoms with Crippen molar-refractivity contribution in [2.24, 2.45) is 10.2 Å². The summed E-state index contributed by atoms with van der Waals surface area (Å²) < 4.78 is 11.2. The van der Waals surface area contributed by atoms with Gasteiger partial charge in [-0.3, -0.25) is 0 Å². The van der Waals surface area contributed by atoms with Crippen LogP contribution >= 0.6 is 0 Å². The van der Waals surface area contributed by atoms with Crippen LogP contribution in [-0.4, -0.2) is 18.7 Å². The van der Waals surface area contributed by atoms with E-state index in [1.165, 1.54) is 6.08 Å². The van der Waals surface area contributed by atoms with Gasteiger partial charge in [-0.25, -0.2) is 4.79 Å². The van der Waals surface area contributed by atoms with E-state index in [1.807, 2.05) is 24.3 Å². The second-order valence-electron chi connectivity index (χ2n) is 7.10. The van der Waals surface area contributed by atoms with Gasteiger partial charge in [0.2, 0.25) is 0 Å². The summed E-state index contributed by atoms with van der Waals surface area (Å²) in [6, 6.07) is 16.6. The maximum atomic E-state index is 11.0. The fourth-order valence-corrected chi connectivity index (χ4v) is 2.97. The Bertz CT molecular complexity index is 884. The van der Waals surface area contributed by atoms with Crippen LogP contribution in [0.5, 0.6) is 5.75 Å². The van der Waals surface area contributed by atoms with Gasteiger partial charge in [0, 0.05) is 6.08 Å². The predicted octanol–water partition coefficient (Wildman–Crippen LogP) is 6.81. The summed E-state index contributed by atoms with van der Waals surface area (Å²) >= 11 is 0. The third kappa shape index (κ3) is 9.26. The standard InChI is InChI=1S/C25H29N3O3/c1-3-8-23(9-6-5-7-18-30-25(29)4-2)31-24-16-14-22(15-17-24)28-27-21-12-10-20(19-26)11-13-21/h4,10-17,23H,2-3,5-9,18H2,1H3. The first kappa shape index (κ1) is 23.8.